The van der Waals surface area contributed by atoms with Crippen molar-refractivity contribution in [3.05, 3.63) is 50.6 Å². The van der Waals surface area contributed by atoms with Gasteiger partial charge in [0.25, 0.3) is 0 Å². The number of carbonyl (C=O) groups is 2. The Morgan fingerprint density at radius 1 is 0.537 bits per heavy atom. The molecular formula is C30H58O7Si4. The van der Waals surface area contributed by atoms with Gasteiger partial charge in [0.15, 0.2) is 16.6 Å². The van der Waals surface area contributed by atoms with E-state index in [1.165, 1.54) is 12.2 Å². The summed E-state index contributed by atoms with van der Waals surface area (Å²) < 4.78 is 29.2. The predicted molar refractivity (Wildman–Crippen MR) is 182 cm³/mol. The molecule has 2 unspecified atom stereocenters. The molecule has 0 aromatic heterocycles. The molecule has 0 fully saturated rings. The maximum absolute atomic E-state index is 11.6. The van der Waals surface area contributed by atoms with Crippen LogP contribution in [0.1, 0.15) is 0 Å². The molecule has 0 saturated carbocycles. The van der Waals surface area contributed by atoms with Crippen LogP contribution < -0.4 is 0 Å². The third-order valence-corrected chi connectivity index (χ3v) is 24.5. The molecule has 0 aliphatic rings. The lowest BCUT2D eigenvalue weighted by atomic mass is 10.6. The molecule has 0 aromatic rings. The summed E-state index contributed by atoms with van der Waals surface area (Å²) in [4.78, 5) is 23.2. The van der Waals surface area contributed by atoms with Crippen molar-refractivity contribution in [2.45, 2.75) is 87.6 Å². The lowest BCUT2D eigenvalue weighted by Crippen LogP contribution is -2.47. The molecule has 0 aliphatic heterocycles. The van der Waals surface area contributed by atoms with Gasteiger partial charge in [-0.25, -0.2) is 9.59 Å². The molecule has 236 valence electrons. The normalized spacial score (nSPS) is 14.8. The highest BCUT2D eigenvalue weighted by Crippen LogP contribution is 2.33. The molecule has 11 heteroatoms. The maximum Gasteiger partial charge on any atom is 0.330 e. The molecular weight excluding hydrogens is 585 g/mol. The van der Waals surface area contributed by atoms with E-state index in [1.54, 1.807) is 12.2 Å². The van der Waals surface area contributed by atoms with Gasteiger partial charge in [-0.3, -0.25) is 0 Å². The first-order chi connectivity index (χ1) is 19.2. The van der Waals surface area contributed by atoms with Crippen LogP contribution in [0.5, 0.6) is 0 Å². The molecule has 0 N–H and O–H groups in total. The summed E-state index contributed by atoms with van der Waals surface area (Å²) in [6.45, 7) is 32.0. The van der Waals surface area contributed by atoms with Crippen molar-refractivity contribution in [3.63, 3.8) is 0 Å². The average Bonchev–Trinajstić information content (AvgIpc) is 2.91. The Hall–Kier alpha value is -1.35. The SMILES string of the molecule is C=CCOCC[Si](C)(CCOC(=O)C=C)CC[Si](C)(C)O[Si](C)(C)CC[Si](C)(CCOCC=C)CCOC(=O)C=C. The second kappa shape index (κ2) is 20.5. The maximum atomic E-state index is 11.6. The minimum Gasteiger partial charge on any atom is -0.463 e. The summed E-state index contributed by atoms with van der Waals surface area (Å²) in [5.41, 5.74) is 0. The summed E-state index contributed by atoms with van der Waals surface area (Å²) in [5.74, 6) is -0.728. The van der Waals surface area contributed by atoms with Gasteiger partial charge in [-0.1, -0.05) is 50.5 Å². The fraction of sp³-hybridized carbons (Fsp3) is 0.667. The fourth-order valence-electron chi connectivity index (χ4n) is 4.69. The zero-order valence-corrected chi connectivity index (χ0v) is 30.9. The topological polar surface area (TPSA) is 80.3 Å². The van der Waals surface area contributed by atoms with Crippen molar-refractivity contribution in [3.8, 4) is 0 Å². The molecule has 0 aromatic carbocycles. The summed E-state index contributed by atoms with van der Waals surface area (Å²) in [6.07, 6.45) is 5.99. The first kappa shape index (κ1) is 39.6. The number of carbonyl (C=O) groups excluding carboxylic acids is 2. The molecule has 41 heavy (non-hydrogen) atoms. The number of hydrogen-bond acceptors (Lipinski definition) is 7. The van der Waals surface area contributed by atoms with E-state index < -0.39 is 32.8 Å². The van der Waals surface area contributed by atoms with E-state index in [0.717, 1.165) is 48.4 Å². The first-order valence-electron chi connectivity index (χ1n) is 14.8. The molecule has 2 atom stereocenters. The van der Waals surface area contributed by atoms with Crippen LogP contribution in [0.2, 0.25) is 87.6 Å². The first-order valence-corrected chi connectivity index (χ1v) is 27.3. The number of ether oxygens (including phenoxy) is 4. The molecule has 0 saturated heterocycles. The van der Waals surface area contributed by atoms with Gasteiger partial charge in [0.1, 0.15) is 0 Å². The van der Waals surface area contributed by atoms with E-state index >= 15 is 0 Å². The van der Waals surface area contributed by atoms with Gasteiger partial charge in [-0.15, -0.1) is 13.2 Å². The molecule has 0 radical (unpaired) electrons. The van der Waals surface area contributed by atoms with E-state index in [1.807, 2.05) is 0 Å². The van der Waals surface area contributed by atoms with Crippen molar-refractivity contribution < 1.29 is 32.7 Å². The van der Waals surface area contributed by atoms with Gasteiger partial charge in [0.2, 0.25) is 0 Å². The van der Waals surface area contributed by atoms with Crippen LogP contribution in [-0.4, -0.2) is 84.4 Å². The summed E-state index contributed by atoms with van der Waals surface area (Å²) in [5, 5.41) is 0. The van der Waals surface area contributed by atoms with E-state index in [9.17, 15) is 9.59 Å². The molecule has 0 aliphatic carbocycles. The Kier molecular flexibility index (Phi) is 19.9. The quantitative estimate of drug-likeness (QED) is 0.0319. The number of hydrogen-bond donors (Lipinski definition) is 0. The van der Waals surface area contributed by atoms with Crippen molar-refractivity contribution in [2.75, 3.05) is 39.6 Å². The van der Waals surface area contributed by atoms with Gasteiger partial charge in [-0.05, 0) is 62.5 Å². The lowest BCUT2D eigenvalue weighted by molar-refractivity contribution is -0.138. The third-order valence-electron chi connectivity index (χ3n) is 7.62. The second-order valence-corrected chi connectivity index (χ2v) is 31.8. The van der Waals surface area contributed by atoms with Crippen molar-refractivity contribution in [2.24, 2.45) is 0 Å². The lowest BCUT2D eigenvalue weighted by Gasteiger charge is -2.38. The highest BCUT2D eigenvalue weighted by atomic mass is 28.4. The third kappa shape index (κ3) is 20.2. The summed E-state index contributed by atoms with van der Waals surface area (Å²) in [6, 6.07) is 8.28. The molecule has 0 heterocycles. The van der Waals surface area contributed by atoms with E-state index in [2.05, 4.69) is 65.6 Å². The number of esters is 2. The van der Waals surface area contributed by atoms with Crippen LogP contribution in [0.3, 0.4) is 0 Å². The van der Waals surface area contributed by atoms with Crippen LogP contribution in [0.25, 0.3) is 0 Å². The highest BCUT2D eigenvalue weighted by Gasteiger charge is 2.38. The minimum atomic E-state index is -1.93. The minimum absolute atomic E-state index is 0.364. The van der Waals surface area contributed by atoms with Gasteiger partial charge in [-0.2, -0.15) is 0 Å². The van der Waals surface area contributed by atoms with E-state index in [4.69, 9.17) is 23.1 Å². The summed E-state index contributed by atoms with van der Waals surface area (Å²) in [7, 11) is -7.32. The fourth-order valence-corrected chi connectivity index (χ4v) is 25.1. The van der Waals surface area contributed by atoms with Gasteiger partial charge < -0.3 is 23.1 Å². The Morgan fingerprint density at radius 2 is 0.878 bits per heavy atom. The Balaban J connectivity index is 5.23. The van der Waals surface area contributed by atoms with Gasteiger partial charge in [0, 0.05) is 25.4 Å². The smallest absolute Gasteiger partial charge is 0.330 e. The van der Waals surface area contributed by atoms with Gasteiger partial charge in [0.05, 0.1) is 42.6 Å². The Labute approximate surface area is 254 Å². The molecule has 0 spiro atoms. The number of rotatable bonds is 26. The Morgan fingerprint density at radius 3 is 1.20 bits per heavy atom. The van der Waals surface area contributed by atoms with E-state index in [0.29, 0.717) is 39.6 Å². The predicted octanol–water partition coefficient (Wildman–Crippen LogP) is 7.43. The van der Waals surface area contributed by atoms with Crippen LogP contribution in [-0.2, 0) is 32.7 Å². The summed E-state index contributed by atoms with van der Waals surface area (Å²) >= 11 is 0. The zero-order chi connectivity index (χ0) is 31.4. The van der Waals surface area contributed by atoms with Crippen molar-refractivity contribution in [1.29, 1.82) is 0 Å². The largest absolute Gasteiger partial charge is 0.463 e. The molecule has 0 amide bonds. The second-order valence-electron chi connectivity index (χ2n) is 12.7. The molecule has 0 bridgehead atoms. The Bertz CT molecular complexity index is 768. The highest BCUT2D eigenvalue weighted by molar-refractivity contribution is 6.88. The van der Waals surface area contributed by atoms with Crippen LogP contribution in [0.4, 0.5) is 0 Å². The average molecular weight is 643 g/mol. The zero-order valence-electron chi connectivity index (χ0n) is 26.9. The van der Waals surface area contributed by atoms with Crippen LogP contribution in [0, 0.1) is 0 Å². The molecule has 0 rings (SSSR count). The molecule has 7 nitrogen and oxygen atoms in total. The monoisotopic (exact) mass is 642 g/mol. The van der Waals surface area contributed by atoms with E-state index in [-0.39, 0.29) is 11.9 Å². The van der Waals surface area contributed by atoms with Gasteiger partial charge >= 0.3 is 11.9 Å². The van der Waals surface area contributed by atoms with Crippen molar-refractivity contribution >= 4 is 44.7 Å². The van der Waals surface area contributed by atoms with Crippen molar-refractivity contribution in [1.82, 2.24) is 0 Å². The van der Waals surface area contributed by atoms with Crippen LogP contribution in [0.15, 0.2) is 50.6 Å². The standard InChI is InChI=1S/C30H58O7Si4/c1-11-15-33-17-21-40(9,23-19-35-29(31)13-3)27-25-38(5,6)37-39(7,8)26-28-41(10,22-18-34-16-12-2)24-20-36-30(32)14-4/h11-14H,1-4,15-28H2,5-10H3. The van der Waals surface area contributed by atoms with Crippen LogP contribution >= 0.6 is 0 Å².